The van der Waals surface area contributed by atoms with Gasteiger partial charge in [-0.05, 0) is 23.4 Å². The van der Waals surface area contributed by atoms with E-state index in [1.807, 2.05) is 0 Å². The summed E-state index contributed by atoms with van der Waals surface area (Å²) >= 11 is 0. The number of hydrogen-bond donors (Lipinski definition) is 0. The van der Waals surface area contributed by atoms with E-state index in [0.717, 1.165) is 0 Å². The van der Waals surface area contributed by atoms with Crippen molar-refractivity contribution in [3.05, 3.63) is 17.9 Å². The van der Waals surface area contributed by atoms with Gasteiger partial charge in [0.2, 0.25) is 0 Å². The van der Waals surface area contributed by atoms with Crippen LogP contribution in [-0.4, -0.2) is 0 Å². The average Bonchev–Trinajstić information content (AvgIpc) is 2.46. The van der Waals surface area contributed by atoms with Crippen LogP contribution in [0.25, 0.3) is 0 Å². The van der Waals surface area contributed by atoms with Gasteiger partial charge in [-0.3, -0.25) is 0 Å². The molecule has 0 aromatic carbocycles. The van der Waals surface area contributed by atoms with E-state index >= 15 is 0 Å². The van der Waals surface area contributed by atoms with Crippen molar-refractivity contribution in [2.45, 2.75) is 38.8 Å². The topological polar surface area (TPSA) is 0 Å². The summed E-state index contributed by atoms with van der Waals surface area (Å²) in [5.74, 6) is 2.38. The number of rotatable bonds is 5. The molecule has 12 heavy (non-hydrogen) atoms. The van der Waals surface area contributed by atoms with Crippen LogP contribution in [0.5, 0.6) is 0 Å². The second-order valence-corrected chi connectivity index (χ2v) is 6.50. The van der Waals surface area contributed by atoms with Gasteiger partial charge in [-0.25, -0.2) is 0 Å². The molecule has 0 saturated carbocycles. The van der Waals surface area contributed by atoms with Gasteiger partial charge in [0, 0.05) is 0 Å². The van der Waals surface area contributed by atoms with Gasteiger partial charge in [0.05, 0.1) is 0 Å². The largest absolute Gasteiger partial charge is 0.118 e. The lowest BCUT2D eigenvalue weighted by Gasteiger charge is -2.00. The first-order valence-corrected chi connectivity index (χ1v) is 6.92. The highest BCUT2D eigenvalue weighted by molar-refractivity contribution is 7.63. The van der Waals surface area contributed by atoms with Crippen LogP contribution in [0.15, 0.2) is 17.9 Å². The Morgan fingerprint density at radius 1 is 1.33 bits per heavy atom. The van der Waals surface area contributed by atoms with E-state index in [-0.39, 0.29) is 7.53 Å². The van der Waals surface area contributed by atoms with Crippen LogP contribution in [0.3, 0.4) is 0 Å². The van der Waals surface area contributed by atoms with Crippen molar-refractivity contribution >= 4 is 21.8 Å². The molecule has 1 aromatic heterocycles. The fraction of sp³-hybridized carbons (Fsp3) is 0.600. The van der Waals surface area contributed by atoms with E-state index in [4.69, 9.17) is 0 Å². The zero-order chi connectivity index (χ0) is 8.81. The highest BCUT2D eigenvalue weighted by atomic mass is 31.1. The second-order valence-electron chi connectivity index (χ2n) is 3.19. The van der Waals surface area contributed by atoms with Crippen LogP contribution in [-0.2, 0) is 6.16 Å². The summed E-state index contributed by atoms with van der Waals surface area (Å²) in [6, 6.07) is 4.43. The maximum absolute atomic E-state index is 2.86. The summed E-state index contributed by atoms with van der Waals surface area (Å²) < 4.78 is 0. The highest BCUT2D eigenvalue weighted by Gasteiger charge is 1.96. The molecular weight excluding hydrogens is 182 g/mol. The van der Waals surface area contributed by atoms with Crippen molar-refractivity contribution in [3.8, 4) is 0 Å². The van der Waals surface area contributed by atoms with E-state index < -0.39 is 0 Å². The maximum Gasteiger partial charge on any atom is -0.0110 e. The van der Waals surface area contributed by atoms with Crippen molar-refractivity contribution in [3.63, 3.8) is 0 Å². The molecule has 1 aromatic rings. The molecule has 68 valence electrons. The van der Waals surface area contributed by atoms with Gasteiger partial charge in [-0.15, -0.1) is 16.8 Å². The third kappa shape index (κ3) is 3.30. The van der Waals surface area contributed by atoms with E-state index in [2.05, 4.69) is 34.1 Å². The lowest BCUT2D eigenvalue weighted by molar-refractivity contribution is 0.690. The molecule has 0 aliphatic carbocycles. The minimum absolute atomic E-state index is 0.121. The van der Waals surface area contributed by atoms with Gasteiger partial charge in [0.25, 0.3) is 0 Å². The Balaban J connectivity index is 2.20. The van der Waals surface area contributed by atoms with Crippen molar-refractivity contribution in [2.75, 3.05) is 0 Å². The number of hydrogen-bond acceptors (Lipinski definition) is 0. The predicted molar refractivity (Wildman–Crippen MR) is 62.6 cm³/mol. The molecule has 1 rings (SSSR count). The maximum atomic E-state index is 2.86. The minimum Gasteiger partial charge on any atom is -0.118 e. The quantitative estimate of drug-likeness (QED) is 0.501. The Labute approximate surface area is 79.0 Å². The van der Waals surface area contributed by atoms with Gasteiger partial charge in [0.15, 0.2) is 0 Å². The third-order valence-corrected chi connectivity index (χ3v) is 5.45. The summed E-state index contributed by atoms with van der Waals surface area (Å²) in [7, 11) is 2.98. The molecule has 0 radical (unpaired) electrons. The standard InChI is InChI=1S/C10H18P2/c1-2-3-4-5-8-12-9-6-7-10(12)11/h6-7,9H,2-5,8,11H2,1H3. The molecule has 0 aliphatic heterocycles. The second kappa shape index (κ2) is 5.79. The lowest BCUT2D eigenvalue weighted by atomic mass is 10.2. The smallest absolute Gasteiger partial charge is 0.0110 e. The Bertz CT molecular complexity index is 215. The fourth-order valence-corrected chi connectivity index (χ4v) is 3.81. The van der Waals surface area contributed by atoms with Crippen LogP contribution in [0.2, 0.25) is 0 Å². The summed E-state index contributed by atoms with van der Waals surface area (Å²) in [4.78, 5) is 0. The Kier molecular flexibility index (Phi) is 4.96. The Morgan fingerprint density at radius 3 is 2.75 bits per heavy atom. The van der Waals surface area contributed by atoms with E-state index in [9.17, 15) is 0 Å². The van der Waals surface area contributed by atoms with E-state index in [0.29, 0.717) is 0 Å². The van der Waals surface area contributed by atoms with E-state index in [1.165, 1.54) is 36.9 Å². The van der Waals surface area contributed by atoms with Crippen LogP contribution in [0, 0.1) is 0 Å². The Hall–Kier alpha value is 0.210. The molecule has 0 spiro atoms. The van der Waals surface area contributed by atoms with Crippen molar-refractivity contribution in [1.29, 1.82) is 0 Å². The third-order valence-electron chi connectivity index (χ3n) is 2.12. The molecule has 0 amide bonds. The summed E-state index contributed by atoms with van der Waals surface area (Å²) in [6.07, 6.45) is 6.98. The zero-order valence-electron chi connectivity index (χ0n) is 7.79. The Morgan fingerprint density at radius 2 is 2.17 bits per heavy atom. The molecule has 0 nitrogen and oxygen atoms in total. The zero-order valence-corrected chi connectivity index (χ0v) is 9.84. The molecule has 1 heterocycles. The van der Waals surface area contributed by atoms with Gasteiger partial charge >= 0.3 is 0 Å². The van der Waals surface area contributed by atoms with Crippen molar-refractivity contribution in [1.82, 2.24) is 0 Å². The minimum atomic E-state index is 0.121. The molecule has 2 atom stereocenters. The van der Waals surface area contributed by atoms with Gasteiger partial charge in [-0.1, -0.05) is 38.3 Å². The molecule has 2 unspecified atom stereocenters. The number of aryl methyl sites for hydroxylation is 1. The fourth-order valence-electron chi connectivity index (χ4n) is 1.34. The molecule has 0 saturated heterocycles. The lowest BCUT2D eigenvalue weighted by Crippen LogP contribution is -1.82. The molecule has 0 N–H and O–H groups in total. The van der Waals surface area contributed by atoms with Crippen LogP contribution < -0.4 is 5.04 Å². The highest BCUT2D eigenvalue weighted by Crippen LogP contribution is 2.29. The van der Waals surface area contributed by atoms with Gasteiger partial charge in [-0.2, -0.15) is 0 Å². The van der Waals surface area contributed by atoms with Crippen LogP contribution in [0.4, 0.5) is 0 Å². The monoisotopic (exact) mass is 200 g/mol. The molecule has 0 aliphatic rings. The first kappa shape index (κ1) is 10.3. The van der Waals surface area contributed by atoms with Gasteiger partial charge in [0.1, 0.15) is 0 Å². The summed E-state index contributed by atoms with van der Waals surface area (Å²) in [5.41, 5.74) is 0. The molecular formula is C10H18P2. The first-order valence-electron chi connectivity index (χ1n) is 4.75. The van der Waals surface area contributed by atoms with Gasteiger partial charge < -0.3 is 0 Å². The molecule has 2 heteroatoms. The van der Waals surface area contributed by atoms with Crippen LogP contribution >= 0.6 is 16.8 Å². The normalized spacial score (nSPS) is 12.0. The summed E-state index contributed by atoms with van der Waals surface area (Å²) in [5, 5.41) is 1.53. The first-order chi connectivity index (χ1) is 5.84. The van der Waals surface area contributed by atoms with Crippen molar-refractivity contribution < 1.29 is 0 Å². The average molecular weight is 200 g/mol. The number of unbranched alkanes of at least 4 members (excludes halogenated alkanes) is 3. The SMILES string of the molecule is CCCCCCp1cccc1P. The van der Waals surface area contributed by atoms with Crippen molar-refractivity contribution in [2.24, 2.45) is 0 Å². The summed E-state index contributed by atoms with van der Waals surface area (Å²) in [6.45, 7) is 2.27. The van der Waals surface area contributed by atoms with E-state index in [1.54, 1.807) is 0 Å². The van der Waals surface area contributed by atoms with Crippen LogP contribution in [0.1, 0.15) is 32.6 Å². The predicted octanol–water partition coefficient (Wildman–Crippen LogP) is 3.75. The molecule has 0 fully saturated rings. The molecule has 0 bridgehead atoms.